The van der Waals surface area contributed by atoms with Gasteiger partial charge in [0.15, 0.2) is 11.1 Å². The van der Waals surface area contributed by atoms with Gasteiger partial charge in [0.2, 0.25) is 0 Å². The van der Waals surface area contributed by atoms with E-state index in [0.29, 0.717) is 5.13 Å². The topological polar surface area (TPSA) is 118 Å². The second-order valence-electron chi connectivity index (χ2n) is 6.01. The monoisotopic (exact) mass is 380 g/mol. The quantitative estimate of drug-likeness (QED) is 0.417. The third kappa shape index (κ3) is 4.17. The molecule has 0 aliphatic heterocycles. The summed E-state index contributed by atoms with van der Waals surface area (Å²) >= 11 is 1.45. The summed E-state index contributed by atoms with van der Waals surface area (Å²) in [5, 5.41) is 10.6. The van der Waals surface area contributed by atoms with Gasteiger partial charge in [-0.15, -0.1) is 11.3 Å². The molecular weight excluding hydrogens is 360 g/mol. The molecule has 1 atom stereocenters. The van der Waals surface area contributed by atoms with Gasteiger partial charge in [-0.2, -0.15) is 8.42 Å². The number of nitrogens with zero attached hydrogens (tertiary/aromatic N) is 1. The van der Waals surface area contributed by atoms with Crippen molar-refractivity contribution < 1.29 is 12.6 Å². The van der Waals surface area contributed by atoms with E-state index in [4.69, 9.17) is 15.3 Å². The van der Waals surface area contributed by atoms with E-state index in [1.54, 1.807) is 24.3 Å². The van der Waals surface area contributed by atoms with E-state index < -0.39 is 10.1 Å². The van der Waals surface area contributed by atoms with Gasteiger partial charge in [-0.25, -0.2) is 4.98 Å². The predicted octanol–water partition coefficient (Wildman–Crippen LogP) is 2.58. The van der Waals surface area contributed by atoms with Gasteiger partial charge in [0, 0.05) is 10.8 Å². The molecule has 134 valence electrons. The Balaban J connectivity index is 1.73. The average Bonchev–Trinajstić information content (AvgIpc) is 2.95. The number of aryl methyl sites for hydroxylation is 2. The Kier molecular flexibility index (Phi) is 5.07. The molecule has 7 nitrogen and oxygen atoms in total. The zero-order chi connectivity index (χ0) is 18.0. The van der Waals surface area contributed by atoms with E-state index in [-0.39, 0.29) is 23.4 Å². The molecule has 0 fully saturated rings. The van der Waals surface area contributed by atoms with Crippen LogP contribution in [0, 0.1) is 12.3 Å². The number of anilines is 1. The highest BCUT2D eigenvalue weighted by Crippen LogP contribution is 2.37. The number of nitrogens with one attached hydrogen (secondary N) is 2. The highest BCUT2D eigenvalue weighted by atomic mass is 32.2. The van der Waals surface area contributed by atoms with Crippen molar-refractivity contribution in [2.75, 3.05) is 11.9 Å². The van der Waals surface area contributed by atoms with Crippen LogP contribution in [0.15, 0.2) is 29.2 Å². The van der Waals surface area contributed by atoms with Crippen molar-refractivity contribution in [1.82, 2.24) is 4.98 Å². The van der Waals surface area contributed by atoms with Crippen molar-refractivity contribution >= 4 is 32.5 Å². The second kappa shape index (κ2) is 7.11. The number of guanidine groups is 1. The molecule has 0 saturated heterocycles. The lowest BCUT2D eigenvalue weighted by atomic mass is 9.92. The third-order valence-electron chi connectivity index (χ3n) is 4.05. The number of rotatable bonds is 5. The Labute approximate surface area is 150 Å². The first-order valence-corrected chi connectivity index (χ1v) is 10.1. The first kappa shape index (κ1) is 17.8. The Morgan fingerprint density at radius 1 is 1.44 bits per heavy atom. The summed E-state index contributed by atoms with van der Waals surface area (Å²) in [6, 6.07) is 6.59. The van der Waals surface area contributed by atoms with Crippen LogP contribution in [0.1, 0.15) is 34.9 Å². The maximum atomic E-state index is 12.4. The summed E-state index contributed by atoms with van der Waals surface area (Å²) < 4.78 is 30.0. The third-order valence-corrected chi connectivity index (χ3v) is 6.39. The lowest BCUT2D eigenvalue weighted by Crippen LogP contribution is -2.20. The van der Waals surface area contributed by atoms with Gasteiger partial charge in [0.1, 0.15) is 0 Å². The molecule has 1 aliphatic carbocycles. The smallest absolute Gasteiger partial charge is 0.296 e. The van der Waals surface area contributed by atoms with Gasteiger partial charge >= 0.3 is 0 Å². The molecule has 9 heteroatoms. The fraction of sp³-hybridized carbons (Fsp3) is 0.375. The zero-order valence-electron chi connectivity index (χ0n) is 13.8. The van der Waals surface area contributed by atoms with Gasteiger partial charge in [-0.3, -0.25) is 9.59 Å². The Morgan fingerprint density at radius 3 is 2.84 bits per heavy atom. The lowest BCUT2D eigenvalue weighted by molar-refractivity contribution is 0.277. The Bertz CT molecular complexity index is 875. The normalized spacial score (nSPS) is 17.1. The average molecular weight is 380 g/mol. The molecule has 0 saturated carbocycles. The van der Waals surface area contributed by atoms with Crippen molar-refractivity contribution in [2.24, 2.45) is 5.73 Å². The van der Waals surface area contributed by atoms with E-state index >= 15 is 0 Å². The highest BCUT2D eigenvalue weighted by Gasteiger charge is 2.27. The van der Waals surface area contributed by atoms with Crippen molar-refractivity contribution in [2.45, 2.75) is 37.0 Å². The van der Waals surface area contributed by atoms with E-state index in [0.717, 1.165) is 35.4 Å². The fourth-order valence-corrected chi connectivity index (χ4v) is 4.83. The number of fused-ring (bicyclic) bond motifs is 1. The lowest BCUT2D eigenvalue weighted by Gasteiger charge is -2.20. The van der Waals surface area contributed by atoms with Crippen LogP contribution in [0.5, 0.6) is 0 Å². The summed E-state index contributed by atoms with van der Waals surface area (Å²) in [5.41, 5.74) is 7.18. The number of thiazole rings is 1. The van der Waals surface area contributed by atoms with Crippen LogP contribution in [0.4, 0.5) is 5.13 Å². The first-order chi connectivity index (χ1) is 11.8. The van der Waals surface area contributed by atoms with Crippen LogP contribution in [-0.2, 0) is 20.7 Å². The summed E-state index contributed by atoms with van der Waals surface area (Å²) in [4.78, 5) is 5.72. The number of aromatic nitrogens is 1. The number of hydrogen-bond donors (Lipinski definition) is 3. The molecule has 4 N–H and O–H groups in total. The van der Waals surface area contributed by atoms with Crippen LogP contribution in [-0.4, -0.2) is 26.0 Å². The van der Waals surface area contributed by atoms with Gasteiger partial charge in [0.25, 0.3) is 10.1 Å². The van der Waals surface area contributed by atoms with Crippen molar-refractivity contribution in [3.05, 3.63) is 40.4 Å². The number of benzene rings is 1. The maximum absolute atomic E-state index is 12.4. The molecule has 0 radical (unpaired) electrons. The summed E-state index contributed by atoms with van der Waals surface area (Å²) in [7, 11) is -3.79. The molecule has 1 aromatic heterocycles. The largest absolute Gasteiger partial charge is 0.370 e. The highest BCUT2D eigenvalue weighted by molar-refractivity contribution is 7.86. The molecular formula is C16H20N4O3S2. The minimum Gasteiger partial charge on any atom is -0.370 e. The molecule has 0 spiro atoms. The minimum atomic E-state index is -3.79. The van der Waals surface area contributed by atoms with Crippen molar-refractivity contribution in [3.8, 4) is 0 Å². The van der Waals surface area contributed by atoms with E-state index in [1.807, 2.05) is 6.92 Å². The Hall–Kier alpha value is -1.97. The van der Waals surface area contributed by atoms with Crippen LogP contribution in [0.25, 0.3) is 0 Å². The van der Waals surface area contributed by atoms with E-state index in [1.165, 1.54) is 11.3 Å². The Morgan fingerprint density at radius 2 is 2.16 bits per heavy atom. The molecule has 3 rings (SSSR count). The minimum absolute atomic E-state index is 0.0620. The van der Waals surface area contributed by atoms with Gasteiger partial charge in [-0.05, 0) is 38.3 Å². The van der Waals surface area contributed by atoms with E-state index in [9.17, 15) is 8.42 Å². The van der Waals surface area contributed by atoms with Crippen LogP contribution in [0.3, 0.4) is 0 Å². The van der Waals surface area contributed by atoms with Crippen LogP contribution < -0.4 is 11.1 Å². The fourth-order valence-electron chi connectivity index (χ4n) is 2.78. The molecule has 1 aromatic carbocycles. The predicted molar refractivity (Wildman–Crippen MR) is 97.6 cm³/mol. The number of nitrogens with two attached hydrogens (primary N) is 1. The molecule has 1 unspecified atom stereocenters. The number of hydrogen-bond acceptors (Lipinski definition) is 6. The SMILES string of the molecule is Cc1ccc(S(=O)(=O)OCC2CCCc3sc(NC(=N)N)nc32)cc1. The molecule has 0 bridgehead atoms. The first-order valence-electron chi connectivity index (χ1n) is 7.92. The summed E-state index contributed by atoms with van der Waals surface area (Å²) in [5.74, 6) is -0.247. The van der Waals surface area contributed by atoms with Crippen molar-refractivity contribution in [1.29, 1.82) is 5.41 Å². The van der Waals surface area contributed by atoms with Crippen LogP contribution >= 0.6 is 11.3 Å². The molecule has 0 amide bonds. The molecule has 25 heavy (non-hydrogen) atoms. The van der Waals surface area contributed by atoms with Crippen LogP contribution in [0.2, 0.25) is 0 Å². The summed E-state index contributed by atoms with van der Waals surface area (Å²) in [6.07, 6.45) is 2.67. The van der Waals surface area contributed by atoms with E-state index in [2.05, 4.69) is 10.3 Å². The van der Waals surface area contributed by atoms with Gasteiger partial charge in [-0.1, -0.05) is 17.7 Å². The van der Waals surface area contributed by atoms with Gasteiger partial charge in [0.05, 0.1) is 17.2 Å². The van der Waals surface area contributed by atoms with Crippen molar-refractivity contribution in [3.63, 3.8) is 0 Å². The zero-order valence-corrected chi connectivity index (χ0v) is 15.4. The maximum Gasteiger partial charge on any atom is 0.296 e. The molecule has 2 aromatic rings. The van der Waals surface area contributed by atoms with Gasteiger partial charge < -0.3 is 11.1 Å². The summed E-state index contributed by atoms with van der Waals surface area (Å²) in [6.45, 7) is 1.96. The molecule has 1 heterocycles. The molecule has 1 aliphatic rings. The standard InChI is InChI=1S/C16H20N4O3S2/c1-10-5-7-12(8-6-10)25(21,22)23-9-11-3-2-4-13-14(11)19-16(24-13)20-15(17)18/h5-8,11H,2-4,9H2,1H3,(H4,17,18,19,20). The second-order valence-corrected chi connectivity index (χ2v) is 8.71.